The van der Waals surface area contributed by atoms with Crippen LogP contribution in [0.2, 0.25) is 0 Å². The van der Waals surface area contributed by atoms with Gasteiger partial charge in [0.25, 0.3) is 0 Å². The third-order valence-corrected chi connectivity index (χ3v) is 3.08. The molecule has 0 amide bonds. The number of rotatable bonds is 7. The predicted molar refractivity (Wildman–Crippen MR) is 76.0 cm³/mol. The van der Waals surface area contributed by atoms with E-state index in [1.54, 1.807) is 0 Å². The molecule has 0 N–H and O–H groups in total. The van der Waals surface area contributed by atoms with Crippen LogP contribution in [0.4, 0.5) is 0 Å². The number of carbonyl (C=O) groups excluding carboxylic acids is 1. The molecule has 2 nitrogen and oxygen atoms in total. The first kappa shape index (κ1) is 15.0. The monoisotopic (exact) mass is 268 g/mol. The summed E-state index contributed by atoms with van der Waals surface area (Å²) in [6.07, 6.45) is 1.18. The number of hydrogen-bond donors (Lipinski definition) is 0. The van der Waals surface area contributed by atoms with Crippen molar-refractivity contribution in [3.05, 3.63) is 29.3 Å². The third-order valence-electron chi connectivity index (χ3n) is 2.81. The van der Waals surface area contributed by atoms with Gasteiger partial charge in [0.2, 0.25) is 0 Å². The summed E-state index contributed by atoms with van der Waals surface area (Å²) in [5.74, 6) is 1.71. The predicted octanol–water partition coefficient (Wildman–Crippen LogP) is 4.41. The van der Waals surface area contributed by atoms with E-state index >= 15 is 0 Å². The van der Waals surface area contributed by atoms with Gasteiger partial charge in [0.05, 0.1) is 12.2 Å². The first-order chi connectivity index (χ1) is 8.60. The lowest BCUT2D eigenvalue weighted by Crippen LogP contribution is -2.05. The average molecular weight is 269 g/mol. The molecule has 0 atom stereocenters. The second-order valence-corrected chi connectivity index (χ2v) is 4.94. The van der Waals surface area contributed by atoms with Gasteiger partial charge in [-0.05, 0) is 37.0 Å². The fraction of sp³-hybridized carbons (Fsp3) is 0.533. The van der Waals surface area contributed by atoms with Crippen LogP contribution in [0.5, 0.6) is 5.75 Å². The van der Waals surface area contributed by atoms with E-state index in [0.717, 1.165) is 5.56 Å². The first-order valence-electron chi connectivity index (χ1n) is 6.46. The zero-order chi connectivity index (χ0) is 13.5. The first-order valence-corrected chi connectivity index (χ1v) is 6.99. The Hall–Kier alpha value is -1.02. The Bertz CT molecular complexity index is 399. The van der Waals surface area contributed by atoms with Crippen LogP contribution in [0.1, 0.15) is 55.5 Å². The number of hydrogen-bond acceptors (Lipinski definition) is 2. The molecule has 0 radical (unpaired) electrons. The fourth-order valence-electron chi connectivity index (χ4n) is 1.77. The molecule has 0 saturated carbocycles. The highest BCUT2D eigenvalue weighted by Gasteiger charge is 2.14. The molecule has 0 aromatic heterocycles. The summed E-state index contributed by atoms with van der Waals surface area (Å²) in [5, 5.41) is 0. The van der Waals surface area contributed by atoms with Crippen LogP contribution in [0.25, 0.3) is 0 Å². The van der Waals surface area contributed by atoms with E-state index in [1.165, 1.54) is 0 Å². The van der Waals surface area contributed by atoms with Gasteiger partial charge in [0.15, 0.2) is 5.78 Å². The van der Waals surface area contributed by atoms with Gasteiger partial charge in [-0.2, -0.15) is 0 Å². The molecule has 100 valence electrons. The maximum absolute atomic E-state index is 12.1. The van der Waals surface area contributed by atoms with Crippen LogP contribution in [0.15, 0.2) is 18.2 Å². The lowest BCUT2D eigenvalue weighted by Gasteiger charge is -2.13. The normalized spacial score (nSPS) is 10.7. The van der Waals surface area contributed by atoms with Crippen LogP contribution in [-0.4, -0.2) is 18.3 Å². The maximum atomic E-state index is 12.1. The molecule has 0 saturated heterocycles. The van der Waals surface area contributed by atoms with Crippen molar-refractivity contribution >= 4 is 17.4 Å². The van der Waals surface area contributed by atoms with E-state index in [0.29, 0.717) is 42.6 Å². The lowest BCUT2D eigenvalue weighted by molar-refractivity contribution is 0.0978. The second-order valence-electron chi connectivity index (χ2n) is 4.56. The van der Waals surface area contributed by atoms with Crippen molar-refractivity contribution in [3.63, 3.8) is 0 Å². The number of benzene rings is 1. The van der Waals surface area contributed by atoms with Crippen LogP contribution < -0.4 is 4.74 Å². The van der Waals surface area contributed by atoms with Gasteiger partial charge in [-0.1, -0.05) is 19.9 Å². The summed E-state index contributed by atoms with van der Waals surface area (Å²) in [7, 11) is 0. The Labute approximate surface area is 114 Å². The van der Waals surface area contributed by atoms with Crippen LogP contribution in [0, 0.1) is 0 Å². The quantitative estimate of drug-likeness (QED) is 0.541. The zero-order valence-electron chi connectivity index (χ0n) is 11.3. The highest BCUT2D eigenvalue weighted by molar-refractivity contribution is 6.18. The summed E-state index contributed by atoms with van der Waals surface area (Å²) in [4.78, 5) is 12.1. The minimum atomic E-state index is 0.113. The summed E-state index contributed by atoms with van der Waals surface area (Å²) < 4.78 is 5.52. The molecule has 0 unspecified atom stereocenters. The highest BCUT2D eigenvalue weighted by atomic mass is 35.5. The molecule has 18 heavy (non-hydrogen) atoms. The van der Waals surface area contributed by atoms with E-state index in [1.807, 2.05) is 25.1 Å². The molecular weight excluding hydrogens is 248 g/mol. The molecule has 0 heterocycles. The number of Topliss-reactive ketones (excluding diaryl/α,β-unsaturated/α-hetero) is 1. The Kier molecular flexibility index (Phi) is 6.20. The van der Waals surface area contributed by atoms with Crippen molar-refractivity contribution < 1.29 is 9.53 Å². The molecule has 0 aliphatic heterocycles. The molecule has 1 rings (SSSR count). The number of ether oxygens (including phenoxy) is 1. The lowest BCUT2D eigenvalue weighted by atomic mass is 9.97. The van der Waals surface area contributed by atoms with E-state index in [-0.39, 0.29) is 5.78 Å². The Balaban J connectivity index is 3.02. The molecular formula is C15H21ClO2. The fourth-order valence-corrected chi connectivity index (χ4v) is 1.90. The molecule has 0 aliphatic rings. The smallest absolute Gasteiger partial charge is 0.166 e. The summed E-state index contributed by atoms with van der Waals surface area (Å²) in [6, 6.07) is 5.87. The Morgan fingerprint density at radius 2 is 2.11 bits per heavy atom. The van der Waals surface area contributed by atoms with Gasteiger partial charge in [0.1, 0.15) is 5.75 Å². The van der Waals surface area contributed by atoms with E-state index in [4.69, 9.17) is 16.3 Å². The van der Waals surface area contributed by atoms with Crippen molar-refractivity contribution in [3.8, 4) is 5.75 Å². The largest absolute Gasteiger partial charge is 0.493 e. The van der Waals surface area contributed by atoms with Gasteiger partial charge in [0, 0.05) is 12.3 Å². The van der Waals surface area contributed by atoms with Gasteiger partial charge in [-0.15, -0.1) is 11.6 Å². The zero-order valence-corrected chi connectivity index (χ0v) is 12.1. The molecule has 3 heteroatoms. The number of carbonyl (C=O) groups is 1. The van der Waals surface area contributed by atoms with E-state index in [2.05, 4.69) is 13.8 Å². The van der Waals surface area contributed by atoms with Gasteiger partial charge in [-0.25, -0.2) is 0 Å². The second kappa shape index (κ2) is 7.42. The summed E-state index contributed by atoms with van der Waals surface area (Å²) in [5.41, 5.74) is 1.85. The SMILES string of the molecule is CCOc1ccc(C(C)C)cc1C(=O)CCCCl. The molecule has 0 fully saturated rings. The average Bonchev–Trinajstić information content (AvgIpc) is 2.36. The number of ketones is 1. The van der Waals surface area contributed by atoms with Gasteiger partial charge in [-0.3, -0.25) is 4.79 Å². The van der Waals surface area contributed by atoms with Gasteiger partial charge < -0.3 is 4.74 Å². The summed E-state index contributed by atoms with van der Waals surface area (Å²) in [6.45, 7) is 6.71. The minimum absolute atomic E-state index is 0.113. The van der Waals surface area contributed by atoms with E-state index in [9.17, 15) is 4.79 Å². The third kappa shape index (κ3) is 4.02. The number of halogens is 1. The van der Waals surface area contributed by atoms with Gasteiger partial charge >= 0.3 is 0 Å². The van der Waals surface area contributed by atoms with Crippen molar-refractivity contribution in [2.24, 2.45) is 0 Å². The Morgan fingerprint density at radius 1 is 1.39 bits per heavy atom. The molecule has 1 aromatic carbocycles. The Morgan fingerprint density at radius 3 is 2.67 bits per heavy atom. The van der Waals surface area contributed by atoms with Crippen molar-refractivity contribution in [2.75, 3.05) is 12.5 Å². The van der Waals surface area contributed by atoms with Crippen LogP contribution in [0.3, 0.4) is 0 Å². The van der Waals surface area contributed by atoms with Crippen LogP contribution >= 0.6 is 11.6 Å². The molecule has 0 aliphatic carbocycles. The van der Waals surface area contributed by atoms with E-state index < -0.39 is 0 Å². The molecule has 0 bridgehead atoms. The number of alkyl halides is 1. The van der Waals surface area contributed by atoms with Crippen LogP contribution in [-0.2, 0) is 0 Å². The minimum Gasteiger partial charge on any atom is -0.493 e. The summed E-state index contributed by atoms with van der Waals surface area (Å²) >= 11 is 5.63. The maximum Gasteiger partial charge on any atom is 0.166 e. The molecule has 0 spiro atoms. The highest BCUT2D eigenvalue weighted by Crippen LogP contribution is 2.26. The van der Waals surface area contributed by atoms with Crippen molar-refractivity contribution in [2.45, 2.75) is 39.5 Å². The van der Waals surface area contributed by atoms with Crippen molar-refractivity contribution in [1.29, 1.82) is 0 Å². The topological polar surface area (TPSA) is 26.3 Å². The standard InChI is InChI=1S/C15H21ClO2/c1-4-18-15-8-7-12(11(2)3)10-13(15)14(17)6-5-9-16/h7-8,10-11H,4-6,9H2,1-3H3. The van der Waals surface area contributed by atoms with Crippen molar-refractivity contribution in [1.82, 2.24) is 0 Å². The molecule has 1 aromatic rings.